The van der Waals surface area contributed by atoms with E-state index < -0.39 is 10.0 Å². The van der Waals surface area contributed by atoms with Crippen molar-refractivity contribution in [3.63, 3.8) is 0 Å². The van der Waals surface area contributed by atoms with Crippen molar-refractivity contribution in [3.8, 4) is 0 Å². The fourth-order valence-electron chi connectivity index (χ4n) is 3.47. The molecular weight excluding hydrogens is 260 g/mol. The molecule has 0 aromatic rings. The van der Waals surface area contributed by atoms with Gasteiger partial charge >= 0.3 is 0 Å². The number of hydrogen-bond donors (Lipinski definition) is 1. The molecule has 112 valence electrons. The Morgan fingerprint density at radius 1 is 1.11 bits per heavy atom. The fraction of sp³-hybridized carbons (Fsp3) is 1.00. The first-order chi connectivity index (χ1) is 8.94. The highest BCUT2D eigenvalue weighted by atomic mass is 32.2. The maximum Gasteiger partial charge on any atom is 0.215 e. The van der Waals surface area contributed by atoms with E-state index in [1.807, 2.05) is 13.8 Å². The first-order valence-electron chi connectivity index (χ1n) is 7.65. The van der Waals surface area contributed by atoms with Crippen molar-refractivity contribution in [3.05, 3.63) is 0 Å². The molecule has 5 heteroatoms. The molecule has 1 saturated carbocycles. The fourth-order valence-corrected chi connectivity index (χ4v) is 4.84. The predicted molar refractivity (Wildman–Crippen MR) is 78.6 cm³/mol. The lowest BCUT2D eigenvalue weighted by molar-refractivity contribution is 0.160. The van der Waals surface area contributed by atoms with E-state index in [4.69, 9.17) is 0 Å². The van der Waals surface area contributed by atoms with Crippen LogP contribution >= 0.6 is 0 Å². The second-order valence-electron chi connectivity index (χ2n) is 6.53. The third-order valence-electron chi connectivity index (χ3n) is 4.75. The van der Waals surface area contributed by atoms with Crippen molar-refractivity contribution in [1.82, 2.24) is 9.62 Å². The lowest BCUT2D eigenvalue weighted by atomic mass is 9.78. The van der Waals surface area contributed by atoms with Crippen molar-refractivity contribution >= 4 is 10.0 Å². The lowest BCUT2D eigenvalue weighted by Crippen LogP contribution is -2.44. The summed E-state index contributed by atoms with van der Waals surface area (Å²) in [5.41, 5.74) is 0.488. The molecule has 0 aromatic carbocycles. The minimum absolute atomic E-state index is 0.234. The summed E-state index contributed by atoms with van der Waals surface area (Å²) in [5.74, 6) is 0.234. The van der Waals surface area contributed by atoms with E-state index in [9.17, 15) is 8.42 Å². The molecule has 1 heterocycles. The van der Waals surface area contributed by atoms with Gasteiger partial charge in [-0.15, -0.1) is 0 Å². The van der Waals surface area contributed by atoms with E-state index in [0.29, 0.717) is 18.0 Å². The standard InChI is InChI=1S/C14H28N2O2S/c1-13(2)15-9-12-19(17,18)16-10-7-14(8-11-16)5-3-4-6-14/h13,15H,3-12H2,1-2H3. The molecule has 0 bridgehead atoms. The molecule has 2 aliphatic rings. The Balaban J connectivity index is 1.82. The molecule has 0 atom stereocenters. The molecule has 2 rings (SSSR count). The van der Waals surface area contributed by atoms with Gasteiger partial charge in [-0.25, -0.2) is 12.7 Å². The largest absolute Gasteiger partial charge is 0.313 e. The quantitative estimate of drug-likeness (QED) is 0.841. The van der Waals surface area contributed by atoms with Gasteiger partial charge in [0.2, 0.25) is 10.0 Å². The third kappa shape index (κ3) is 3.92. The Kier molecular flexibility index (Phi) is 4.90. The summed E-state index contributed by atoms with van der Waals surface area (Å²) in [6.45, 7) is 6.12. The Morgan fingerprint density at radius 3 is 2.21 bits per heavy atom. The van der Waals surface area contributed by atoms with Gasteiger partial charge in [0.15, 0.2) is 0 Å². The van der Waals surface area contributed by atoms with E-state index in [-0.39, 0.29) is 5.75 Å². The van der Waals surface area contributed by atoms with Crippen LogP contribution in [-0.4, -0.2) is 44.2 Å². The minimum Gasteiger partial charge on any atom is -0.313 e. The molecule has 0 unspecified atom stereocenters. The highest BCUT2D eigenvalue weighted by Crippen LogP contribution is 2.46. The molecule has 19 heavy (non-hydrogen) atoms. The summed E-state index contributed by atoms with van der Waals surface area (Å²) >= 11 is 0. The molecule has 1 aliphatic heterocycles. The van der Waals surface area contributed by atoms with Crippen LogP contribution in [0.4, 0.5) is 0 Å². The van der Waals surface area contributed by atoms with Crippen LogP contribution in [0, 0.1) is 5.41 Å². The van der Waals surface area contributed by atoms with E-state index in [0.717, 1.165) is 25.9 Å². The highest BCUT2D eigenvalue weighted by Gasteiger charge is 2.39. The van der Waals surface area contributed by atoms with Crippen LogP contribution in [0.15, 0.2) is 0 Å². The topological polar surface area (TPSA) is 49.4 Å². The molecule has 4 nitrogen and oxygen atoms in total. The second kappa shape index (κ2) is 6.10. The van der Waals surface area contributed by atoms with Gasteiger partial charge < -0.3 is 5.32 Å². The molecule has 1 spiro atoms. The van der Waals surface area contributed by atoms with E-state index in [1.165, 1.54) is 25.7 Å². The first kappa shape index (κ1) is 15.3. The summed E-state index contributed by atoms with van der Waals surface area (Å²) in [5, 5.41) is 3.18. The van der Waals surface area contributed by atoms with Crippen LogP contribution < -0.4 is 5.32 Å². The summed E-state index contributed by atoms with van der Waals surface area (Å²) in [6, 6.07) is 0.346. The van der Waals surface area contributed by atoms with E-state index in [2.05, 4.69) is 5.32 Å². The summed E-state index contributed by atoms with van der Waals surface area (Å²) < 4.78 is 26.2. The predicted octanol–water partition coefficient (Wildman–Crippen LogP) is 1.97. The van der Waals surface area contributed by atoms with Crippen molar-refractivity contribution in [2.45, 2.75) is 58.4 Å². The number of nitrogens with one attached hydrogen (secondary N) is 1. The zero-order chi connectivity index (χ0) is 13.9. The van der Waals surface area contributed by atoms with Crippen LogP contribution in [0.3, 0.4) is 0 Å². The zero-order valence-electron chi connectivity index (χ0n) is 12.3. The molecule has 0 radical (unpaired) electrons. The number of nitrogens with zero attached hydrogens (tertiary/aromatic N) is 1. The van der Waals surface area contributed by atoms with Crippen molar-refractivity contribution in [1.29, 1.82) is 0 Å². The molecular formula is C14H28N2O2S. The highest BCUT2D eigenvalue weighted by molar-refractivity contribution is 7.89. The smallest absolute Gasteiger partial charge is 0.215 e. The van der Waals surface area contributed by atoms with Gasteiger partial charge in [0.05, 0.1) is 5.75 Å². The Bertz CT molecular complexity index is 376. The van der Waals surface area contributed by atoms with Crippen LogP contribution in [-0.2, 0) is 10.0 Å². The first-order valence-corrected chi connectivity index (χ1v) is 9.26. The number of rotatable bonds is 5. The minimum atomic E-state index is -3.05. The number of hydrogen-bond acceptors (Lipinski definition) is 3. The molecule has 1 aliphatic carbocycles. The Morgan fingerprint density at radius 2 is 1.68 bits per heavy atom. The van der Waals surface area contributed by atoms with Gasteiger partial charge in [-0.3, -0.25) is 0 Å². The van der Waals surface area contributed by atoms with Gasteiger partial charge in [0.1, 0.15) is 0 Å². The van der Waals surface area contributed by atoms with Gasteiger partial charge in [0.25, 0.3) is 0 Å². The SMILES string of the molecule is CC(C)NCCS(=O)(=O)N1CCC2(CCCC2)CC1. The third-order valence-corrected chi connectivity index (χ3v) is 6.63. The summed E-state index contributed by atoms with van der Waals surface area (Å²) in [6.07, 6.45) is 7.45. The lowest BCUT2D eigenvalue weighted by Gasteiger charge is -2.38. The van der Waals surface area contributed by atoms with Gasteiger partial charge in [-0.05, 0) is 31.1 Å². The zero-order valence-corrected chi connectivity index (χ0v) is 13.1. The Labute approximate surface area is 118 Å². The maximum absolute atomic E-state index is 12.3. The average molecular weight is 288 g/mol. The molecule has 1 saturated heterocycles. The van der Waals surface area contributed by atoms with Crippen LogP contribution in [0.2, 0.25) is 0 Å². The van der Waals surface area contributed by atoms with Crippen LogP contribution in [0.5, 0.6) is 0 Å². The summed E-state index contributed by atoms with van der Waals surface area (Å²) in [4.78, 5) is 0. The molecule has 0 aromatic heterocycles. The second-order valence-corrected chi connectivity index (χ2v) is 8.62. The van der Waals surface area contributed by atoms with Crippen molar-refractivity contribution in [2.24, 2.45) is 5.41 Å². The maximum atomic E-state index is 12.3. The monoisotopic (exact) mass is 288 g/mol. The normalized spacial score (nSPS) is 24.4. The van der Waals surface area contributed by atoms with E-state index in [1.54, 1.807) is 4.31 Å². The summed E-state index contributed by atoms with van der Waals surface area (Å²) in [7, 11) is -3.05. The van der Waals surface area contributed by atoms with Crippen LogP contribution in [0.25, 0.3) is 0 Å². The van der Waals surface area contributed by atoms with Gasteiger partial charge in [-0.1, -0.05) is 26.7 Å². The molecule has 2 fully saturated rings. The van der Waals surface area contributed by atoms with E-state index >= 15 is 0 Å². The van der Waals surface area contributed by atoms with Gasteiger partial charge in [0, 0.05) is 25.7 Å². The molecule has 1 N–H and O–H groups in total. The molecule has 0 amide bonds. The number of piperidine rings is 1. The number of sulfonamides is 1. The van der Waals surface area contributed by atoms with Crippen LogP contribution in [0.1, 0.15) is 52.4 Å². The van der Waals surface area contributed by atoms with Crippen molar-refractivity contribution in [2.75, 3.05) is 25.4 Å². The van der Waals surface area contributed by atoms with Gasteiger partial charge in [-0.2, -0.15) is 0 Å². The Hall–Kier alpha value is -0.130. The average Bonchev–Trinajstić information content (AvgIpc) is 2.77. The van der Waals surface area contributed by atoms with Crippen molar-refractivity contribution < 1.29 is 8.42 Å².